The number of carbonyl (C=O) groups is 4. The summed E-state index contributed by atoms with van der Waals surface area (Å²) in [6.07, 6.45) is 1.73. The second-order valence-electron chi connectivity index (χ2n) is 9.81. The Labute approximate surface area is 217 Å². The van der Waals surface area contributed by atoms with Gasteiger partial charge in [0, 0.05) is 35.5 Å². The minimum absolute atomic E-state index is 0.0980. The van der Waals surface area contributed by atoms with Gasteiger partial charge in [-0.2, -0.15) is 0 Å². The molecule has 0 bridgehead atoms. The first-order valence-corrected chi connectivity index (χ1v) is 12.2. The number of nitrogens with two attached hydrogens (primary N) is 1. The summed E-state index contributed by atoms with van der Waals surface area (Å²) >= 11 is 0. The number of hydrogen-bond donors (Lipinski definition) is 6. The number of phenols is 1. The van der Waals surface area contributed by atoms with Gasteiger partial charge in [0.2, 0.25) is 5.78 Å². The fraction of sp³-hybridized carbons (Fsp3) is 0.407. The highest BCUT2D eigenvalue weighted by atomic mass is 16.5. The molecular formula is C27H29NO10. The minimum atomic E-state index is -2.90. The van der Waals surface area contributed by atoms with Crippen LogP contribution >= 0.6 is 0 Å². The van der Waals surface area contributed by atoms with Gasteiger partial charge >= 0.3 is 5.97 Å². The Morgan fingerprint density at radius 2 is 1.89 bits per heavy atom. The average Bonchev–Trinajstić information content (AvgIpc) is 2.85. The number of unbranched alkanes of at least 4 members (excludes halogenated alkanes) is 1. The molecule has 0 spiro atoms. The molecule has 7 N–H and O–H groups in total. The van der Waals surface area contributed by atoms with Crippen molar-refractivity contribution in [3.63, 3.8) is 0 Å². The zero-order chi connectivity index (χ0) is 28.1. The number of amides is 1. The predicted molar refractivity (Wildman–Crippen MR) is 132 cm³/mol. The largest absolute Gasteiger partial charge is 0.511 e. The smallest absolute Gasteiger partial charge is 0.330 e. The Morgan fingerprint density at radius 1 is 1.21 bits per heavy atom. The number of rotatable bonds is 6. The number of allylic oxidation sites excluding steroid dienone is 1. The summed E-state index contributed by atoms with van der Waals surface area (Å²) in [6, 6.07) is 3.02. The number of ketones is 2. The van der Waals surface area contributed by atoms with Gasteiger partial charge in [-0.3, -0.25) is 14.4 Å². The van der Waals surface area contributed by atoms with E-state index in [9.17, 15) is 44.7 Å². The SMILES string of the molecule is CCCCOC(=O)/C=C/c1ccc2c(c1O)C(=O)C1=C(O)[C@]3(O)C(=O)C(C(N)=O)=C(O)C[C@@H]3[C@@H](O)[C@@H]1[C@H]2C. The number of aliphatic hydroxyl groups is 4. The maximum Gasteiger partial charge on any atom is 0.330 e. The standard InChI is InChI=1S/C27H29NO10/c1-3-4-9-38-16(30)8-6-12-5-7-13-11(2)17-20(23(33)18(13)21(12)31)25(35)27(37)14(22(17)32)10-15(29)19(24(27)34)26(28)36/h5-8,11,14,17,22,29,31-32,35,37H,3-4,9-10H2,1-2H3,(H2,28,36)/b8-6+/t11-,14+,17+,22+,27+/m0/s1. The average molecular weight is 528 g/mol. The van der Waals surface area contributed by atoms with Crippen molar-refractivity contribution in [3.05, 3.63) is 57.6 Å². The molecule has 202 valence electrons. The summed E-state index contributed by atoms with van der Waals surface area (Å²) < 4.78 is 5.04. The molecule has 5 atom stereocenters. The molecule has 0 fully saturated rings. The summed E-state index contributed by atoms with van der Waals surface area (Å²) in [7, 11) is 0. The molecule has 38 heavy (non-hydrogen) atoms. The topological polar surface area (TPSA) is 205 Å². The van der Waals surface area contributed by atoms with E-state index in [0.29, 0.717) is 12.0 Å². The normalized spacial score (nSPS) is 28.7. The van der Waals surface area contributed by atoms with Crippen LogP contribution in [-0.2, 0) is 19.1 Å². The van der Waals surface area contributed by atoms with Gasteiger partial charge in [-0.1, -0.05) is 32.4 Å². The van der Waals surface area contributed by atoms with Crippen molar-refractivity contribution in [3.8, 4) is 5.75 Å². The van der Waals surface area contributed by atoms with Gasteiger partial charge < -0.3 is 36.0 Å². The Kier molecular flexibility index (Phi) is 6.94. The Morgan fingerprint density at radius 3 is 2.53 bits per heavy atom. The highest BCUT2D eigenvalue weighted by Crippen LogP contribution is 2.55. The highest BCUT2D eigenvalue weighted by Gasteiger charge is 2.64. The number of fused-ring (bicyclic) bond motifs is 3. The van der Waals surface area contributed by atoms with Crippen LogP contribution in [0, 0.1) is 11.8 Å². The zero-order valence-corrected chi connectivity index (χ0v) is 20.8. The lowest BCUT2D eigenvalue weighted by atomic mass is 9.56. The van der Waals surface area contributed by atoms with E-state index in [2.05, 4.69) is 0 Å². The van der Waals surface area contributed by atoms with Crippen LogP contribution in [0.25, 0.3) is 6.08 Å². The molecule has 11 nitrogen and oxygen atoms in total. The molecule has 3 aliphatic carbocycles. The molecule has 0 saturated heterocycles. The lowest BCUT2D eigenvalue weighted by Crippen LogP contribution is -2.62. The van der Waals surface area contributed by atoms with Gasteiger partial charge in [0.15, 0.2) is 11.4 Å². The Balaban J connectivity index is 1.81. The summed E-state index contributed by atoms with van der Waals surface area (Å²) in [5.41, 5.74) is 1.06. The molecular weight excluding hydrogens is 498 g/mol. The van der Waals surface area contributed by atoms with E-state index in [0.717, 1.165) is 12.5 Å². The molecule has 0 radical (unpaired) electrons. The number of ether oxygens (including phenoxy) is 1. The predicted octanol–water partition coefficient (Wildman–Crippen LogP) is 1.47. The second-order valence-corrected chi connectivity index (χ2v) is 9.81. The molecule has 1 aromatic rings. The molecule has 0 aromatic heterocycles. The number of esters is 1. The zero-order valence-electron chi connectivity index (χ0n) is 20.8. The lowest BCUT2D eigenvalue weighted by molar-refractivity contribution is -0.154. The van der Waals surface area contributed by atoms with Crippen LogP contribution in [-0.4, -0.2) is 67.3 Å². The molecule has 11 heteroatoms. The number of Topliss-reactive ketones (excluding diaryl/α,β-unsaturated/α-hetero) is 2. The molecule has 4 rings (SSSR count). The van der Waals surface area contributed by atoms with Gasteiger partial charge in [0.05, 0.1) is 18.3 Å². The maximum atomic E-state index is 13.7. The molecule has 0 heterocycles. The van der Waals surface area contributed by atoms with Crippen molar-refractivity contribution in [1.29, 1.82) is 0 Å². The molecule has 0 unspecified atom stereocenters. The van der Waals surface area contributed by atoms with Gasteiger partial charge in [-0.15, -0.1) is 0 Å². The molecule has 0 saturated carbocycles. The van der Waals surface area contributed by atoms with E-state index >= 15 is 0 Å². The number of carbonyl (C=O) groups excluding carboxylic acids is 4. The van der Waals surface area contributed by atoms with Gasteiger partial charge in [-0.05, 0) is 24.0 Å². The number of benzene rings is 1. The van der Waals surface area contributed by atoms with Crippen LogP contribution in [0.1, 0.15) is 60.5 Å². The summed E-state index contributed by atoms with van der Waals surface area (Å²) in [5.74, 6) is -9.95. The van der Waals surface area contributed by atoms with E-state index in [4.69, 9.17) is 10.5 Å². The van der Waals surface area contributed by atoms with E-state index < -0.39 is 87.7 Å². The van der Waals surface area contributed by atoms with Gasteiger partial charge in [-0.25, -0.2) is 4.79 Å². The minimum Gasteiger partial charge on any atom is -0.511 e. The number of phenolic OH excluding ortho intramolecular Hbond substituents is 1. The summed E-state index contributed by atoms with van der Waals surface area (Å²) in [4.78, 5) is 50.4. The van der Waals surface area contributed by atoms with Crippen LogP contribution in [0.3, 0.4) is 0 Å². The van der Waals surface area contributed by atoms with Crippen LogP contribution in [0.15, 0.2) is 40.9 Å². The van der Waals surface area contributed by atoms with Crippen LogP contribution < -0.4 is 5.73 Å². The third-order valence-electron chi connectivity index (χ3n) is 7.67. The van der Waals surface area contributed by atoms with E-state index in [-0.39, 0.29) is 17.7 Å². The van der Waals surface area contributed by atoms with Crippen molar-refractivity contribution in [2.75, 3.05) is 6.61 Å². The van der Waals surface area contributed by atoms with Crippen molar-refractivity contribution in [2.45, 2.75) is 50.7 Å². The van der Waals surface area contributed by atoms with E-state index in [1.54, 1.807) is 6.92 Å². The Hall–Kier alpha value is -3.96. The van der Waals surface area contributed by atoms with Crippen LogP contribution in [0.2, 0.25) is 0 Å². The van der Waals surface area contributed by atoms with Gasteiger partial charge in [0.1, 0.15) is 22.8 Å². The third-order valence-corrected chi connectivity index (χ3v) is 7.67. The molecule has 1 aromatic carbocycles. The quantitative estimate of drug-likeness (QED) is 0.136. The van der Waals surface area contributed by atoms with E-state index in [1.165, 1.54) is 18.2 Å². The van der Waals surface area contributed by atoms with E-state index in [1.807, 2.05) is 6.92 Å². The summed E-state index contributed by atoms with van der Waals surface area (Å²) in [5, 5.41) is 54.9. The number of aliphatic hydroxyl groups excluding tert-OH is 3. The molecule has 3 aliphatic rings. The first-order valence-electron chi connectivity index (χ1n) is 12.2. The maximum absolute atomic E-state index is 13.7. The van der Waals surface area contributed by atoms with Crippen molar-refractivity contribution < 1.29 is 49.4 Å². The van der Waals surface area contributed by atoms with Crippen molar-refractivity contribution >= 4 is 29.5 Å². The Bertz CT molecular complexity index is 1340. The van der Waals surface area contributed by atoms with Crippen molar-refractivity contribution in [2.24, 2.45) is 17.6 Å². The third kappa shape index (κ3) is 3.89. The second kappa shape index (κ2) is 9.73. The van der Waals surface area contributed by atoms with Crippen LogP contribution in [0.4, 0.5) is 0 Å². The first-order chi connectivity index (χ1) is 17.9. The fourth-order valence-corrected chi connectivity index (χ4v) is 5.67. The monoisotopic (exact) mass is 527 g/mol. The molecule has 1 amide bonds. The number of aromatic hydroxyl groups is 1. The van der Waals surface area contributed by atoms with Crippen molar-refractivity contribution in [1.82, 2.24) is 0 Å². The van der Waals surface area contributed by atoms with Gasteiger partial charge in [0.25, 0.3) is 5.91 Å². The fourth-order valence-electron chi connectivity index (χ4n) is 5.67. The lowest BCUT2D eigenvalue weighted by Gasteiger charge is -2.50. The highest BCUT2D eigenvalue weighted by molar-refractivity contribution is 6.24. The number of primary amides is 1. The number of hydrogen-bond acceptors (Lipinski definition) is 10. The molecule has 0 aliphatic heterocycles. The first kappa shape index (κ1) is 27.1. The van der Waals surface area contributed by atoms with Crippen LogP contribution in [0.5, 0.6) is 5.75 Å². The summed E-state index contributed by atoms with van der Waals surface area (Å²) in [6.45, 7) is 3.80.